The predicted octanol–water partition coefficient (Wildman–Crippen LogP) is 3.05. The second-order valence-electron chi connectivity index (χ2n) is 9.09. The summed E-state index contributed by atoms with van der Waals surface area (Å²) in [4.78, 5) is 43.7. The van der Waals surface area contributed by atoms with Crippen LogP contribution in [0.2, 0.25) is 0 Å². The Morgan fingerprint density at radius 2 is 1.97 bits per heavy atom. The van der Waals surface area contributed by atoms with Crippen LogP contribution in [0.3, 0.4) is 0 Å². The molecule has 170 valence electrons. The van der Waals surface area contributed by atoms with E-state index in [0.717, 1.165) is 23.3 Å². The molecule has 0 amide bonds. The Kier molecular flexibility index (Phi) is 6.85. The SMILES string of the molecule is Cc1c(C=NCC(=O)OC(C)(C)C)sc2c1c(=O)n(C1CC1)c(=O)n2CCOC(C)C. The fourth-order valence-corrected chi connectivity index (χ4v) is 4.53. The Morgan fingerprint density at radius 1 is 1.29 bits per heavy atom. The van der Waals surface area contributed by atoms with Gasteiger partial charge >= 0.3 is 11.7 Å². The van der Waals surface area contributed by atoms with Crippen molar-refractivity contribution in [3.63, 3.8) is 0 Å². The number of carbonyl (C=O) groups is 1. The van der Waals surface area contributed by atoms with Crippen molar-refractivity contribution < 1.29 is 14.3 Å². The third-order valence-corrected chi connectivity index (χ3v) is 6.06. The number of rotatable bonds is 8. The molecule has 1 aliphatic carbocycles. The number of thiophene rings is 1. The van der Waals surface area contributed by atoms with Gasteiger partial charge in [0.2, 0.25) is 0 Å². The molecule has 31 heavy (non-hydrogen) atoms. The van der Waals surface area contributed by atoms with E-state index < -0.39 is 11.6 Å². The van der Waals surface area contributed by atoms with E-state index in [1.165, 1.54) is 15.9 Å². The van der Waals surface area contributed by atoms with Gasteiger partial charge in [-0.3, -0.25) is 23.7 Å². The molecule has 0 spiro atoms. The predicted molar refractivity (Wildman–Crippen MR) is 123 cm³/mol. The van der Waals surface area contributed by atoms with Crippen molar-refractivity contribution in [1.29, 1.82) is 0 Å². The third-order valence-electron chi connectivity index (χ3n) is 4.81. The van der Waals surface area contributed by atoms with Crippen LogP contribution in [0.15, 0.2) is 14.6 Å². The molecule has 0 radical (unpaired) electrons. The minimum Gasteiger partial charge on any atom is -0.459 e. The Labute approximate surface area is 185 Å². The maximum Gasteiger partial charge on any atom is 0.332 e. The van der Waals surface area contributed by atoms with Crippen LogP contribution in [0, 0.1) is 6.92 Å². The monoisotopic (exact) mass is 449 g/mol. The van der Waals surface area contributed by atoms with Gasteiger partial charge in [-0.05, 0) is 59.9 Å². The first kappa shape index (κ1) is 23.4. The van der Waals surface area contributed by atoms with E-state index in [0.29, 0.717) is 23.4 Å². The zero-order valence-electron chi connectivity index (χ0n) is 19.1. The van der Waals surface area contributed by atoms with Crippen molar-refractivity contribution in [3.8, 4) is 0 Å². The van der Waals surface area contributed by atoms with E-state index in [-0.39, 0.29) is 29.9 Å². The van der Waals surface area contributed by atoms with Crippen molar-refractivity contribution in [1.82, 2.24) is 9.13 Å². The van der Waals surface area contributed by atoms with Gasteiger partial charge in [-0.1, -0.05) is 0 Å². The highest BCUT2D eigenvalue weighted by Gasteiger charge is 2.30. The lowest BCUT2D eigenvalue weighted by atomic mass is 10.2. The maximum absolute atomic E-state index is 13.1. The molecule has 0 bridgehead atoms. The van der Waals surface area contributed by atoms with Crippen LogP contribution in [-0.2, 0) is 20.8 Å². The van der Waals surface area contributed by atoms with E-state index in [9.17, 15) is 14.4 Å². The van der Waals surface area contributed by atoms with Gasteiger partial charge in [-0.2, -0.15) is 0 Å². The molecule has 0 saturated heterocycles. The second kappa shape index (κ2) is 9.08. The molecule has 9 heteroatoms. The molecular weight excluding hydrogens is 418 g/mol. The Bertz CT molecular complexity index is 1110. The number of nitrogens with zero attached hydrogens (tertiary/aromatic N) is 3. The van der Waals surface area contributed by atoms with Gasteiger partial charge in [0.15, 0.2) is 0 Å². The Hall–Kier alpha value is -2.26. The fraction of sp³-hybridized carbons (Fsp3) is 0.636. The lowest BCUT2D eigenvalue weighted by Gasteiger charge is -2.18. The molecule has 1 aliphatic rings. The topological polar surface area (TPSA) is 91.9 Å². The zero-order chi connectivity index (χ0) is 22.9. The number of carbonyl (C=O) groups excluding carboxylic acids is 1. The molecule has 2 aromatic heterocycles. The van der Waals surface area contributed by atoms with Crippen LogP contribution in [0.25, 0.3) is 10.2 Å². The first-order valence-corrected chi connectivity index (χ1v) is 11.4. The summed E-state index contributed by atoms with van der Waals surface area (Å²) >= 11 is 1.34. The van der Waals surface area contributed by atoms with E-state index in [1.807, 2.05) is 20.8 Å². The molecule has 1 saturated carbocycles. The normalized spacial score (nSPS) is 14.8. The summed E-state index contributed by atoms with van der Waals surface area (Å²) < 4.78 is 13.9. The summed E-state index contributed by atoms with van der Waals surface area (Å²) in [6, 6.07) is -0.0229. The van der Waals surface area contributed by atoms with Crippen LogP contribution < -0.4 is 11.2 Å². The lowest BCUT2D eigenvalue weighted by molar-refractivity contribution is -0.152. The molecule has 1 fully saturated rings. The minimum atomic E-state index is -0.567. The van der Waals surface area contributed by atoms with Crippen molar-refractivity contribution in [2.24, 2.45) is 4.99 Å². The number of aliphatic imine (C=N–C) groups is 1. The van der Waals surface area contributed by atoms with Crippen molar-refractivity contribution >= 4 is 33.7 Å². The average Bonchev–Trinajstić information content (AvgIpc) is 3.40. The highest BCUT2D eigenvalue weighted by Crippen LogP contribution is 2.34. The number of hydrogen-bond acceptors (Lipinski definition) is 7. The molecule has 0 atom stereocenters. The van der Waals surface area contributed by atoms with Gasteiger partial charge in [0.25, 0.3) is 5.56 Å². The van der Waals surface area contributed by atoms with Gasteiger partial charge in [0.1, 0.15) is 17.0 Å². The van der Waals surface area contributed by atoms with E-state index in [4.69, 9.17) is 9.47 Å². The van der Waals surface area contributed by atoms with Gasteiger partial charge in [-0.15, -0.1) is 11.3 Å². The molecular formula is C22H31N3O5S. The van der Waals surface area contributed by atoms with Gasteiger partial charge < -0.3 is 9.47 Å². The molecule has 2 heterocycles. The van der Waals surface area contributed by atoms with Gasteiger partial charge in [0, 0.05) is 12.3 Å². The number of aryl methyl sites for hydroxylation is 1. The molecule has 2 aromatic rings. The number of fused-ring (bicyclic) bond motifs is 1. The molecule has 3 rings (SSSR count). The molecule has 8 nitrogen and oxygen atoms in total. The van der Waals surface area contributed by atoms with Crippen LogP contribution in [0.1, 0.15) is 63.9 Å². The Balaban J connectivity index is 1.98. The first-order valence-electron chi connectivity index (χ1n) is 10.6. The second-order valence-corrected chi connectivity index (χ2v) is 10.1. The Morgan fingerprint density at radius 3 is 2.55 bits per heavy atom. The zero-order valence-corrected chi connectivity index (χ0v) is 19.9. The number of aromatic nitrogens is 2. The van der Waals surface area contributed by atoms with Crippen molar-refractivity contribution in [2.45, 2.75) is 78.7 Å². The van der Waals surface area contributed by atoms with E-state index >= 15 is 0 Å². The molecule has 0 N–H and O–H groups in total. The summed E-state index contributed by atoms with van der Waals surface area (Å²) in [5.74, 6) is -0.415. The van der Waals surface area contributed by atoms with Gasteiger partial charge in [0.05, 0.1) is 29.5 Å². The van der Waals surface area contributed by atoms with E-state index in [1.54, 1.807) is 31.6 Å². The lowest BCUT2D eigenvalue weighted by Crippen LogP contribution is -2.40. The standard InChI is InChI=1S/C22H31N3O5S/c1-13(2)29-10-9-24-20-18(19(27)25(21(24)28)15-7-8-15)14(3)16(31-20)11-23-12-17(26)30-22(4,5)6/h11,13,15H,7-10,12H2,1-6H3. The summed E-state index contributed by atoms with van der Waals surface area (Å²) in [7, 11) is 0. The highest BCUT2D eigenvalue weighted by atomic mass is 32.1. The summed E-state index contributed by atoms with van der Waals surface area (Å²) in [5, 5.41) is 0.541. The van der Waals surface area contributed by atoms with Crippen LogP contribution in [-0.4, -0.2) is 46.2 Å². The van der Waals surface area contributed by atoms with Crippen molar-refractivity contribution in [3.05, 3.63) is 31.3 Å². The van der Waals surface area contributed by atoms with Crippen LogP contribution in [0.5, 0.6) is 0 Å². The number of hydrogen-bond donors (Lipinski definition) is 0. The molecule has 0 unspecified atom stereocenters. The summed E-state index contributed by atoms with van der Waals surface area (Å²) in [5.41, 5.74) is -0.330. The highest BCUT2D eigenvalue weighted by molar-refractivity contribution is 7.20. The number of ether oxygens (including phenoxy) is 2. The van der Waals surface area contributed by atoms with Gasteiger partial charge in [-0.25, -0.2) is 4.79 Å². The number of esters is 1. The molecule has 0 aromatic carbocycles. The maximum atomic E-state index is 13.1. The average molecular weight is 450 g/mol. The van der Waals surface area contributed by atoms with Crippen LogP contribution >= 0.6 is 11.3 Å². The summed E-state index contributed by atoms with van der Waals surface area (Å²) in [6.45, 7) is 11.8. The largest absolute Gasteiger partial charge is 0.459 e. The van der Waals surface area contributed by atoms with Crippen LogP contribution in [0.4, 0.5) is 0 Å². The molecule has 0 aliphatic heterocycles. The van der Waals surface area contributed by atoms with Crippen molar-refractivity contribution in [2.75, 3.05) is 13.2 Å². The quantitative estimate of drug-likeness (QED) is 0.456. The smallest absolute Gasteiger partial charge is 0.332 e. The minimum absolute atomic E-state index is 0.0229. The van der Waals surface area contributed by atoms with E-state index in [2.05, 4.69) is 4.99 Å². The fourth-order valence-electron chi connectivity index (χ4n) is 3.31. The summed E-state index contributed by atoms with van der Waals surface area (Å²) in [6.07, 6.45) is 3.33. The first-order chi connectivity index (χ1) is 14.5. The third kappa shape index (κ3) is 5.51.